The van der Waals surface area contributed by atoms with Gasteiger partial charge in [-0.3, -0.25) is 4.79 Å². The number of benzene rings is 1. The van der Waals surface area contributed by atoms with E-state index in [1.807, 2.05) is 31.2 Å². The number of anilines is 1. The molecule has 1 saturated heterocycles. The Morgan fingerprint density at radius 2 is 1.95 bits per heavy atom. The van der Waals surface area contributed by atoms with Crippen molar-refractivity contribution in [3.8, 4) is 0 Å². The molecule has 0 spiro atoms. The number of amides is 1. The predicted octanol–water partition coefficient (Wildman–Crippen LogP) is 1.73. The highest BCUT2D eigenvalue weighted by molar-refractivity contribution is 5.94. The first kappa shape index (κ1) is 15.8. The Hall–Kier alpha value is -1.59. The van der Waals surface area contributed by atoms with Gasteiger partial charge in [-0.2, -0.15) is 0 Å². The van der Waals surface area contributed by atoms with Crippen molar-refractivity contribution in [2.75, 3.05) is 38.7 Å². The normalized spacial score (nSPS) is 17.3. The van der Waals surface area contributed by atoms with Gasteiger partial charge in [0.25, 0.3) is 5.91 Å². The second-order valence-electron chi connectivity index (χ2n) is 5.61. The molecule has 5 nitrogen and oxygen atoms in total. The van der Waals surface area contributed by atoms with Gasteiger partial charge in [0, 0.05) is 57.4 Å². The number of ether oxygens (including phenoxy) is 1. The first-order valence-corrected chi connectivity index (χ1v) is 7.43. The highest BCUT2D eigenvalue weighted by atomic mass is 16.5. The number of likely N-dealkylation sites (N-methyl/N-ethyl adjacent to an activating group) is 1. The van der Waals surface area contributed by atoms with E-state index in [0.29, 0.717) is 38.2 Å². The van der Waals surface area contributed by atoms with Gasteiger partial charge < -0.3 is 20.1 Å². The Bertz CT molecular complexity index is 467. The molecule has 2 rings (SSSR count). The summed E-state index contributed by atoms with van der Waals surface area (Å²) >= 11 is 0. The molecule has 1 aromatic rings. The third-order valence-electron chi connectivity index (χ3n) is 3.81. The van der Waals surface area contributed by atoms with E-state index < -0.39 is 5.60 Å². The van der Waals surface area contributed by atoms with Crippen LogP contribution in [0.4, 0.5) is 5.69 Å². The number of rotatable bonds is 5. The fourth-order valence-electron chi connectivity index (χ4n) is 2.58. The van der Waals surface area contributed by atoms with E-state index in [2.05, 4.69) is 5.32 Å². The molecular weight excluding hydrogens is 268 g/mol. The number of nitrogens with one attached hydrogen (secondary N) is 1. The smallest absolute Gasteiger partial charge is 0.253 e. The number of carbonyl (C=O) groups is 1. The molecule has 21 heavy (non-hydrogen) atoms. The highest BCUT2D eigenvalue weighted by Gasteiger charge is 2.32. The molecule has 0 saturated carbocycles. The van der Waals surface area contributed by atoms with Crippen LogP contribution in [-0.4, -0.2) is 54.9 Å². The van der Waals surface area contributed by atoms with Crippen LogP contribution in [0, 0.1) is 0 Å². The minimum absolute atomic E-state index is 0.0713. The minimum Gasteiger partial charge on any atom is -0.388 e. The topological polar surface area (TPSA) is 61.8 Å². The molecule has 0 radical (unpaired) electrons. The molecule has 0 aliphatic carbocycles. The lowest BCUT2D eigenvalue weighted by atomic mass is 9.93. The number of hydrogen-bond donors (Lipinski definition) is 2. The average molecular weight is 292 g/mol. The summed E-state index contributed by atoms with van der Waals surface area (Å²) in [6.45, 7) is 4.32. The Balaban J connectivity index is 1.98. The summed E-state index contributed by atoms with van der Waals surface area (Å²) in [6.07, 6.45) is 1.15. The zero-order valence-electron chi connectivity index (χ0n) is 12.8. The van der Waals surface area contributed by atoms with E-state index in [-0.39, 0.29) is 5.91 Å². The monoisotopic (exact) mass is 292 g/mol. The van der Waals surface area contributed by atoms with Crippen molar-refractivity contribution < 1.29 is 14.6 Å². The van der Waals surface area contributed by atoms with Crippen LogP contribution in [0.5, 0.6) is 0 Å². The number of carbonyl (C=O) groups excluding carboxylic acids is 1. The lowest BCUT2D eigenvalue weighted by Crippen LogP contribution is -2.47. The van der Waals surface area contributed by atoms with Crippen LogP contribution in [-0.2, 0) is 4.74 Å². The van der Waals surface area contributed by atoms with Gasteiger partial charge in [0.15, 0.2) is 0 Å². The van der Waals surface area contributed by atoms with Crippen LogP contribution in [0.1, 0.15) is 30.1 Å². The van der Waals surface area contributed by atoms with E-state index in [9.17, 15) is 9.90 Å². The van der Waals surface area contributed by atoms with Crippen molar-refractivity contribution in [1.29, 1.82) is 0 Å². The molecule has 1 heterocycles. The largest absolute Gasteiger partial charge is 0.388 e. The summed E-state index contributed by atoms with van der Waals surface area (Å²) in [5, 5.41) is 13.7. The zero-order chi connectivity index (χ0) is 15.3. The first-order valence-electron chi connectivity index (χ1n) is 7.43. The van der Waals surface area contributed by atoms with E-state index >= 15 is 0 Å². The van der Waals surface area contributed by atoms with Crippen LogP contribution in [0.25, 0.3) is 0 Å². The molecule has 116 valence electrons. The summed E-state index contributed by atoms with van der Waals surface area (Å²) in [5.74, 6) is -0.0713. The Labute approximate surface area is 125 Å². The Morgan fingerprint density at radius 3 is 2.52 bits per heavy atom. The van der Waals surface area contributed by atoms with E-state index in [0.717, 1.165) is 12.2 Å². The van der Waals surface area contributed by atoms with E-state index in [1.54, 1.807) is 11.9 Å². The molecule has 5 heteroatoms. The zero-order valence-corrected chi connectivity index (χ0v) is 12.8. The van der Waals surface area contributed by atoms with E-state index in [1.165, 1.54) is 0 Å². The van der Waals surface area contributed by atoms with Crippen molar-refractivity contribution in [2.45, 2.75) is 25.4 Å². The summed E-state index contributed by atoms with van der Waals surface area (Å²) in [7, 11) is 1.73. The number of hydrogen-bond acceptors (Lipinski definition) is 4. The number of nitrogens with zero attached hydrogens (tertiary/aromatic N) is 1. The molecule has 1 aromatic carbocycles. The summed E-state index contributed by atoms with van der Waals surface area (Å²) < 4.78 is 5.26. The van der Waals surface area contributed by atoms with Gasteiger partial charge in [-0.15, -0.1) is 0 Å². The Morgan fingerprint density at radius 1 is 1.33 bits per heavy atom. The fourth-order valence-corrected chi connectivity index (χ4v) is 2.58. The maximum Gasteiger partial charge on any atom is 0.253 e. The SMILES string of the molecule is CCNc1ccc(C(=O)N(C)CC2(O)CCOCC2)cc1. The molecule has 1 aliphatic rings. The van der Waals surface area contributed by atoms with Crippen LogP contribution in [0.2, 0.25) is 0 Å². The van der Waals surface area contributed by atoms with Crippen LogP contribution in [0.3, 0.4) is 0 Å². The molecule has 1 fully saturated rings. The van der Waals surface area contributed by atoms with Gasteiger partial charge in [-0.1, -0.05) is 0 Å². The molecule has 0 aromatic heterocycles. The van der Waals surface area contributed by atoms with Crippen molar-refractivity contribution >= 4 is 11.6 Å². The van der Waals surface area contributed by atoms with E-state index in [4.69, 9.17) is 4.74 Å². The quantitative estimate of drug-likeness (QED) is 0.867. The molecule has 1 aliphatic heterocycles. The van der Waals surface area contributed by atoms with Crippen molar-refractivity contribution in [3.05, 3.63) is 29.8 Å². The van der Waals surface area contributed by atoms with Gasteiger partial charge in [0.05, 0.1) is 5.60 Å². The second kappa shape index (κ2) is 6.91. The molecule has 1 amide bonds. The third kappa shape index (κ3) is 4.19. The first-order chi connectivity index (χ1) is 10.0. The van der Waals surface area contributed by atoms with Crippen molar-refractivity contribution in [2.24, 2.45) is 0 Å². The van der Waals surface area contributed by atoms with Gasteiger partial charge >= 0.3 is 0 Å². The average Bonchev–Trinajstić information content (AvgIpc) is 2.48. The molecular formula is C16H24N2O3. The van der Waals surface area contributed by atoms with Crippen molar-refractivity contribution in [3.63, 3.8) is 0 Å². The summed E-state index contributed by atoms with van der Waals surface area (Å²) in [4.78, 5) is 14.0. The van der Waals surface area contributed by atoms with Gasteiger partial charge in [-0.25, -0.2) is 0 Å². The van der Waals surface area contributed by atoms with Crippen molar-refractivity contribution in [1.82, 2.24) is 4.90 Å². The number of aliphatic hydroxyl groups is 1. The predicted molar refractivity (Wildman–Crippen MR) is 82.6 cm³/mol. The fraction of sp³-hybridized carbons (Fsp3) is 0.562. The van der Waals surface area contributed by atoms with Gasteiger partial charge in [-0.05, 0) is 31.2 Å². The molecule has 0 unspecified atom stereocenters. The highest BCUT2D eigenvalue weighted by Crippen LogP contribution is 2.22. The molecule has 0 bridgehead atoms. The minimum atomic E-state index is -0.827. The van der Waals surface area contributed by atoms with Crippen LogP contribution in [0.15, 0.2) is 24.3 Å². The third-order valence-corrected chi connectivity index (χ3v) is 3.81. The molecule has 0 atom stereocenters. The summed E-state index contributed by atoms with van der Waals surface area (Å²) in [5.41, 5.74) is 0.807. The molecule has 2 N–H and O–H groups in total. The lowest BCUT2D eigenvalue weighted by Gasteiger charge is -2.35. The second-order valence-corrected chi connectivity index (χ2v) is 5.61. The summed E-state index contributed by atoms with van der Waals surface area (Å²) in [6, 6.07) is 7.41. The maximum absolute atomic E-state index is 12.4. The van der Waals surface area contributed by atoms with Gasteiger partial charge in [0.1, 0.15) is 0 Å². The Kier molecular flexibility index (Phi) is 5.20. The standard InChI is InChI=1S/C16H24N2O3/c1-3-17-14-6-4-13(5-7-14)15(19)18(2)12-16(20)8-10-21-11-9-16/h4-7,17,20H,3,8-12H2,1-2H3. The van der Waals surface area contributed by atoms with Gasteiger partial charge in [0.2, 0.25) is 0 Å². The van der Waals surface area contributed by atoms with Crippen LogP contribution < -0.4 is 5.32 Å². The lowest BCUT2D eigenvalue weighted by molar-refractivity contribution is -0.0734. The maximum atomic E-state index is 12.4. The van der Waals surface area contributed by atoms with Crippen LogP contribution >= 0.6 is 0 Å².